The van der Waals surface area contributed by atoms with Gasteiger partial charge in [-0.3, -0.25) is 4.31 Å². The molecule has 146 valence electrons. The number of nitrogens with zero attached hydrogens (tertiary/aromatic N) is 1. The summed E-state index contributed by atoms with van der Waals surface area (Å²) in [6.07, 6.45) is 0. The molecular formula is C21H19Cl2NO3S. The lowest BCUT2D eigenvalue weighted by atomic mass is 10.2. The van der Waals surface area contributed by atoms with Gasteiger partial charge in [-0.05, 0) is 48.9 Å². The molecule has 3 aromatic rings. The predicted octanol–water partition coefficient (Wildman–Crippen LogP) is 5.79. The zero-order chi connectivity index (χ0) is 20.1. The summed E-state index contributed by atoms with van der Waals surface area (Å²) in [5, 5.41) is 0.885. The Morgan fingerprint density at radius 1 is 0.929 bits per heavy atom. The van der Waals surface area contributed by atoms with Gasteiger partial charge in [0.15, 0.2) is 0 Å². The Morgan fingerprint density at radius 3 is 2.29 bits per heavy atom. The molecule has 0 radical (unpaired) electrons. The van der Waals surface area contributed by atoms with Crippen molar-refractivity contribution < 1.29 is 13.2 Å². The minimum Gasteiger partial charge on any atom is -0.492 e. The van der Waals surface area contributed by atoms with E-state index in [9.17, 15) is 8.42 Å². The monoisotopic (exact) mass is 435 g/mol. The molecule has 0 aliphatic heterocycles. The van der Waals surface area contributed by atoms with Gasteiger partial charge in [-0.15, -0.1) is 0 Å². The van der Waals surface area contributed by atoms with Gasteiger partial charge in [0.25, 0.3) is 10.0 Å². The number of anilines is 1. The van der Waals surface area contributed by atoms with Gasteiger partial charge < -0.3 is 4.74 Å². The molecule has 3 rings (SSSR count). The Hall–Kier alpha value is -2.21. The molecule has 0 fully saturated rings. The second kappa shape index (κ2) is 8.86. The van der Waals surface area contributed by atoms with Crippen LogP contribution in [0.4, 0.5) is 5.69 Å². The van der Waals surface area contributed by atoms with Crippen LogP contribution in [0.25, 0.3) is 0 Å². The highest BCUT2D eigenvalue weighted by molar-refractivity contribution is 7.92. The fourth-order valence-electron chi connectivity index (χ4n) is 2.76. The fourth-order valence-corrected chi connectivity index (χ4v) is 4.71. The normalized spacial score (nSPS) is 11.2. The molecule has 0 unspecified atom stereocenters. The van der Waals surface area contributed by atoms with Crippen molar-refractivity contribution in [1.29, 1.82) is 0 Å². The first-order chi connectivity index (χ1) is 13.4. The lowest BCUT2D eigenvalue weighted by Gasteiger charge is -2.27. The van der Waals surface area contributed by atoms with Crippen molar-refractivity contribution in [2.45, 2.75) is 18.4 Å². The smallest absolute Gasteiger partial charge is 0.264 e. The standard InChI is InChI=1S/C21H19Cl2NO3S/c1-2-27-21-11-7-6-10-20(21)24(15-16-12-13-17(22)14-19(16)23)28(25,26)18-8-4-3-5-9-18/h3-14H,2,15H2,1H3. The molecule has 0 heterocycles. The first-order valence-corrected chi connectivity index (χ1v) is 10.9. The van der Waals surface area contributed by atoms with Crippen molar-refractivity contribution in [2.24, 2.45) is 0 Å². The van der Waals surface area contributed by atoms with Gasteiger partial charge in [0.05, 0.1) is 23.7 Å². The van der Waals surface area contributed by atoms with Crippen LogP contribution >= 0.6 is 23.2 Å². The summed E-state index contributed by atoms with van der Waals surface area (Å²) in [6.45, 7) is 2.30. The molecule has 0 N–H and O–H groups in total. The summed E-state index contributed by atoms with van der Waals surface area (Å²) in [4.78, 5) is 0.186. The summed E-state index contributed by atoms with van der Waals surface area (Å²) >= 11 is 12.3. The third-order valence-corrected chi connectivity index (χ3v) is 6.45. The minimum atomic E-state index is -3.86. The Morgan fingerprint density at radius 2 is 1.61 bits per heavy atom. The van der Waals surface area contributed by atoms with Crippen LogP contribution in [0.15, 0.2) is 77.7 Å². The Labute approximate surface area is 175 Å². The van der Waals surface area contributed by atoms with Crippen LogP contribution in [0.2, 0.25) is 10.0 Å². The third kappa shape index (κ3) is 4.43. The molecule has 0 spiro atoms. The minimum absolute atomic E-state index is 0.0390. The van der Waals surface area contributed by atoms with E-state index < -0.39 is 10.0 Å². The topological polar surface area (TPSA) is 46.6 Å². The summed E-state index contributed by atoms with van der Waals surface area (Å²) in [7, 11) is -3.86. The van der Waals surface area contributed by atoms with E-state index in [1.807, 2.05) is 6.92 Å². The second-order valence-electron chi connectivity index (χ2n) is 5.96. The van der Waals surface area contributed by atoms with Crippen LogP contribution in [-0.2, 0) is 16.6 Å². The maximum Gasteiger partial charge on any atom is 0.264 e. The summed E-state index contributed by atoms with van der Waals surface area (Å²) in [5.74, 6) is 0.481. The molecule has 7 heteroatoms. The van der Waals surface area contributed by atoms with Gasteiger partial charge in [0.1, 0.15) is 5.75 Å². The van der Waals surface area contributed by atoms with Gasteiger partial charge in [0, 0.05) is 10.0 Å². The molecule has 0 aliphatic rings. The van der Waals surface area contributed by atoms with E-state index in [4.69, 9.17) is 27.9 Å². The highest BCUT2D eigenvalue weighted by Crippen LogP contribution is 2.35. The summed E-state index contributed by atoms with van der Waals surface area (Å²) < 4.78 is 33.9. The lowest BCUT2D eigenvalue weighted by molar-refractivity contribution is 0.341. The zero-order valence-electron chi connectivity index (χ0n) is 15.2. The highest BCUT2D eigenvalue weighted by atomic mass is 35.5. The van der Waals surface area contributed by atoms with Crippen molar-refractivity contribution in [3.05, 3.63) is 88.4 Å². The average Bonchev–Trinajstić information content (AvgIpc) is 2.69. The summed E-state index contributed by atoms with van der Waals surface area (Å²) in [5.41, 5.74) is 1.08. The van der Waals surface area contributed by atoms with Crippen LogP contribution in [-0.4, -0.2) is 15.0 Å². The molecule has 4 nitrogen and oxygen atoms in total. The lowest BCUT2D eigenvalue weighted by Crippen LogP contribution is -2.31. The SMILES string of the molecule is CCOc1ccccc1N(Cc1ccc(Cl)cc1Cl)S(=O)(=O)c1ccccc1. The molecule has 0 amide bonds. The summed E-state index contributed by atoms with van der Waals surface area (Å²) in [6, 6.07) is 20.3. The number of rotatable bonds is 7. The van der Waals surface area contributed by atoms with Crippen molar-refractivity contribution >= 4 is 38.9 Å². The number of ether oxygens (including phenoxy) is 1. The van der Waals surface area contributed by atoms with Gasteiger partial charge in [-0.1, -0.05) is 59.6 Å². The fraction of sp³-hybridized carbons (Fsp3) is 0.143. The molecule has 0 saturated heterocycles. The second-order valence-corrected chi connectivity index (χ2v) is 8.67. The molecular weight excluding hydrogens is 417 g/mol. The number of sulfonamides is 1. The number of benzene rings is 3. The Balaban J connectivity index is 2.14. The van der Waals surface area contributed by atoms with Crippen molar-refractivity contribution in [1.82, 2.24) is 0 Å². The van der Waals surface area contributed by atoms with Crippen molar-refractivity contribution in [3.8, 4) is 5.75 Å². The van der Waals surface area contributed by atoms with Gasteiger partial charge in [-0.25, -0.2) is 8.42 Å². The molecule has 0 atom stereocenters. The van der Waals surface area contributed by atoms with E-state index >= 15 is 0 Å². The largest absolute Gasteiger partial charge is 0.492 e. The number of hydrogen-bond acceptors (Lipinski definition) is 3. The molecule has 0 aliphatic carbocycles. The van der Waals surface area contributed by atoms with Crippen LogP contribution in [0, 0.1) is 0 Å². The number of para-hydroxylation sites is 2. The zero-order valence-corrected chi connectivity index (χ0v) is 17.5. The average molecular weight is 436 g/mol. The van der Waals surface area contributed by atoms with Gasteiger partial charge in [0.2, 0.25) is 0 Å². The van der Waals surface area contributed by atoms with Crippen molar-refractivity contribution in [3.63, 3.8) is 0 Å². The van der Waals surface area contributed by atoms with Gasteiger partial charge >= 0.3 is 0 Å². The quantitative estimate of drug-likeness (QED) is 0.471. The first-order valence-electron chi connectivity index (χ1n) is 8.67. The predicted molar refractivity (Wildman–Crippen MR) is 114 cm³/mol. The van der Waals surface area contributed by atoms with Crippen LogP contribution < -0.4 is 9.04 Å². The van der Waals surface area contributed by atoms with E-state index in [-0.39, 0.29) is 11.4 Å². The number of halogens is 2. The van der Waals surface area contributed by atoms with Crippen LogP contribution in [0.5, 0.6) is 5.75 Å². The molecule has 0 saturated carbocycles. The van der Waals surface area contributed by atoms with E-state index in [0.29, 0.717) is 33.7 Å². The maximum atomic E-state index is 13.5. The molecule has 28 heavy (non-hydrogen) atoms. The third-order valence-electron chi connectivity index (χ3n) is 4.09. The van der Waals surface area contributed by atoms with Crippen molar-refractivity contribution in [2.75, 3.05) is 10.9 Å². The van der Waals surface area contributed by atoms with E-state index in [2.05, 4.69) is 0 Å². The van der Waals surface area contributed by atoms with Gasteiger partial charge in [-0.2, -0.15) is 0 Å². The first kappa shape index (κ1) is 20.5. The molecule has 3 aromatic carbocycles. The van der Waals surface area contributed by atoms with E-state index in [0.717, 1.165) is 0 Å². The van der Waals surface area contributed by atoms with Crippen LogP contribution in [0.3, 0.4) is 0 Å². The molecule has 0 bridgehead atoms. The molecule has 0 aromatic heterocycles. The highest BCUT2D eigenvalue weighted by Gasteiger charge is 2.28. The number of hydrogen-bond donors (Lipinski definition) is 0. The Kier molecular flexibility index (Phi) is 6.50. The van der Waals surface area contributed by atoms with E-state index in [1.165, 1.54) is 4.31 Å². The Bertz CT molecular complexity index is 1060. The maximum absolute atomic E-state index is 13.5. The van der Waals surface area contributed by atoms with E-state index in [1.54, 1.807) is 72.8 Å². The van der Waals surface area contributed by atoms with Crippen LogP contribution in [0.1, 0.15) is 12.5 Å².